The van der Waals surface area contributed by atoms with Crippen molar-refractivity contribution in [3.8, 4) is 0 Å². The Hall–Kier alpha value is 0.850. The number of unbranched alkanes of at least 4 members (excludes halogenated alkanes) is 5. The zero-order valence-corrected chi connectivity index (χ0v) is 18.5. The Morgan fingerprint density at radius 1 is 0.955 bits per heavy atom. The van der Waals surface area contributed by atoms with Crippen LogP contribution in [-0.2, 0) is 28.9 Å². The molecule has 0 aliphatic heterocycles. The predicted molar refractivity (Wildman–Crippen MR) is 73.4 cm³/mol. The van der Waals surface area contributed by atoms with Gasteiger partial charge in [-0.3, -0.25) is 14.1 Å². The van der Waals surface area contributed by atoms with Crippen LogP contribution >= 0.6 is 0 Å². The van der Waals surface area contributed by atoms with E-state index in [1.807, 2.05) is 0 Å². The molecule has 0 unspecified atom stereocenters. The number of hydrogen-bond acceptors (Lipinski definition) is 6. The number of hydrogen-bond donors (Lipinski definition) is 1. The van der Waals surface area contributed by atoms with Gasteiger partial charge in [-0.1, -0.05) is 39.0 Å². The molecule has 0 spiro atoms. The third kappa shape index (κ3) is 20.9. The maximum atomic E-state index is 11.2. The standard InChI is InChI=1S/C12H22O7S.2Na.2H/c1-2-3-4-5-6-7-10-18-11(13)8-9-12(14)19-20(15,16)17;;;;/h2-10H2,1H3,(H,15,16,17);;;;/q;2*+1;2*-1. The summed E-state index contributed by atoms with van der Waals surface area (Å²) in [5.41, 5.74) is 0. The molecule has 122 valence electrons. The van der Waals surface area contributed by atoms with Gasteiger partial charge in [0.2, 0.25) is 0 Å². The molecule has 0 saturated carbocycles. The van der Waals surface area contributed by atoms with Gasteiger partial charge in [0.1, 0.15) is 0 Å². The van der Waals surface area contributed by atoms with Gasteiger partial charge >= 0.3 is 81.5 Å². The Labute approximate surface area is 179 Å². The van der Waals surface area contributed by atoms with Crippen molar-refractivity contribution >= 4 is 22.3 Å². The number of ether oxygens (including phenoxy) is 1. The van der Waals surface area contributed by atoms with Gasteiger partial charge in [0.25, 0.3) is 0 Å². The molecule has 0 bridgehead atoms. The zero-order valence-electron chi connectivity index (χ0n) is 15.7. The summed E-state index contributed by atoms with van der Waals surface area (Å²) >= 11 is 0. The third-order valence-electron chi connectivity index (χ3n) is 2.49. The first-order valence-corrected chi connectivity index (χ1v) is 8.07. The fraction of sp³-hybridized carbons (Fsp3) is 0.833. The fourth-order valence-corrected chi connectivity index (χ4v) is 1.82. The van der Waals surface area contributed by atoms with E-state index in [1.54, 1.807) is 0 Å². The van der Waals surface area contributed by atoms with Crippen LogP contribution in [0.4, 0.5) is 0 Å². The SMILES string of the molecule is CCCCCCCCOC(=O)CCC(=O)OS(=O)(=O)O.[H-].[H-].[Na+].[Na+]. The average molecular weight is 358 g/mol. The van der Waals surface area contributed by atoms with Gasteiger partial charge < -0.3 is 11.8 Å². The van der Waals surface area contributed by atoms with Crippen LogP contribution in [0.2, 0.25) is 0 Å². The van der Waals surface area contributed by atoms with Crippen molar-refractivity contribution in [1.29, 1.82) is 0 Å². The molecular weight excluding hydrogens is 334 g/mol. The van der Waals surface area contributed by atoms with E-state index in [2.05, 4.69) is 11.1 Å². The molecule has 0 radical (unpaired) electrons. The molecule has 22 heavy (non-hydrogen) atoms. The van der Waals surface area contributed by atoms with E-state index in [0.29, 0.717) is 0 Å². The van der Waals surface area contributed by atoms with Gasteiger partial charge in [-0.15, -0.1) is 0 Å². The first-order valence-electron chi connectivity index (χ1n) is 6.70. The quantitative estimate of drug-likeness (QED) is 0.175. The number of esters is 1. The zero-order chi connectivity index (χ0) is 15.4. The molecule has 0 amide bonds. The van der Waals surface area contributed by atoms with Crippen molar-refractivity contribution in [1.82, 2.24) is 0 Å². The molecule has 0 aromatic rings. The monoisotopic (exact) mass is 358 g/mol. The van der Waals surface area contributed by atoms with E-state index in [0.717, 1.165) is 19.3 Å². The molecule has 0 heterocycles. The third-order valence-corrected chi connectivity index (χ3v) is 2.89. The smallest absolute Gasteiger partial charge is 1.00 e. The first-order chi connectivity index (χ1) is 9.35. The molecule has 0 atom stereocenters. The van der Waals surface area contributed by atoms with Crippen LogP contribution in [0.15, 0.2) is 0 Å². The van der Waals surface area contributed by atoms with Crippen LogP contribution in [0.25, 0.3) is 0 Å². The van der Waals surface area contributed by atoms with Crippen molar-refractivity contribution in [2.24, 2.45) is 0 Å². The molecule has 0 saturated heterocycles. The van der Waals surface area contributed by atoms with Crippen molar-refractivity contribution < 1.29 is 93.4 Å². The normalized spacial score (nSPS) is 10.1. The maximum absolute atomic E-state index is 11.2. The van der Waals surface area contributed by atoms with E-state index in [1.165, 1.54) is 19.3 Å². The second-order valence-corrected chi connectivity index (χ2v) is 5.39. The van der Waals surface area contributed by atoms with Crippen molar-refractivity contribution in [3.05, 3.63) is 0 Å². The van der Waals surface area contributed by atoms with E-state index < -0.39 is 28.8 Å². The Morgan fingerprint density at radius 2 is 1.45 bits per heavy atom. The van der Waals surface area contributed by atoms with E-state index in [9.17, 15) is 18.0 Å². The Kier molecular flexibility index (Phi) is 21.0. The van der Waals surface area contributed by atoms with Crippen LogP contribution in [0.5, 0.6) is 0 Å². The molecule has 0 rings (SSSR count). The van der Waals surface area contributed by atoms with Crippen molar-refractivity contribution in [2.75, 3.05) is 6.61 Å². The van der Waals surface area contributed by atoms with E-state index >= 15 is 0 Å². The van der Waals surface area contributed by atoms with Gasteiger partial charge in [-0.05, 0) is 6.42 Å². The van der Waals surface area contributed by atoms with Gasteiger partial charge in [0.05, 0.1) is 19.4 Å². The molecule has 7 nitrogen and oxygen atoms in total. The molecule has 0 aromatic carbocycles. The Bertz CT molecular complexity index is 408. The van der Waals surface area contributed by atoms with Crippen LogP contribution in [0, 0.1) is 0 Å². The maximum Gasteiger partial charge on any atom is 1.00 e. The Balaban J connectivity index is -0.000000301. The predicted octanol–water partition coefficient (Wildman–Crippen LogP) is -3.75. The van der Waals surface area contributed by atoms with E-state index in [-0.39, 0.29) is 75.0 Å². The molecule has 0 aromatic heterocycles. The Morgan fingerprint density at radius 3 is 2.00 bits per heavy atom. The summed E-state index contributed by atoms with van der Waals surface area (Å²) in [4.78, 5) is 22.1. The van der Waals surface area contributed by atoms with Crippen LogP contribution < -0.4 is 59.1 Å². The molecule has 1 N–H and O–H groups in total. The number of carbonyl (C=O) groups is 2. The second-order valence-electron chi connectivity index (χ2n) is 4.37. The topological polar surface area (TPSA) is 107 Å². The van der Waals surface area contributed by atoms with Crippen LogP contribution in [0.1, 0.15) is 61.1 Å². The molecule has 0 aliphatic rings. The van der Waals surface area contributed by atoms with Gasteiger partial charge in [0, 0.05) is 0 Å². The summed E-state index contributed by atoms with van der Waals surface area (Å²) in [5, 5.41) is 0. The van der Waals surface area contributed by atoms with Gasteiger partial charge in [-0.2, -0.15) is 8.42 Å². The number of carbonyl (C=O) groups excluding carboxylic acids is 2. The summed E-state index contributed by atoms with van der Waals surface area (Å²) < 4.78 is 37.2. The summed E-state index contributed by atoms with van der Waals surface area (Å²) in [5.74, 6) is -1.78. The number of rotatable bonds is 11. The van der Waals surface area contributed by atoms with Gasteiger partial charge in [0.15, 0.2) is 0 Å². The minimum Gasteiger partial charge on any atom is -1.00 e. The molecule has 0 aliphatic carbocycles. The molecule has 0 fully saturated rings. The summed E-state index contributed by atoms with van der Waals surface area (Å²) in [6, 6.07) is 0. The minimum atomic E-state index is -4.80. The minimum absolute atomic E-state index is 0. The first kappa shape index (κ1) is 27.7. The average Bonchev–Trinajstić information content (AvgIpc) is 2.33. The molecular formula is C12H24Na2O7S. The second kappa shape index (κ2) is 16.7. The summed E-state index contributed by atoms with van der Waals surface area (Å²) in [7, 11) is -4.80. The molecule has 10 heteroatoms. The van der Waals surface area contributed by atoms with Crippen LogP contribution in [0.3, 0.4) is 0 Å². The van der Waals surface area contributed by atoms with Crippen LogP contribution in [-0.4, -0.2) is 31.5 Å². The van der Waals surface area contributed by atoms with Crippen molar-refractivity contribution in [2.45, 2.75) is 58.3 Å². The fourth-order valence-electron chi connectivity index (χ4n) is 1.50. The summed E-state index contributed by atoms with van der Waals surface area (Å²) in [6.45, 7) is 2.42. The summed E-state index contributed by atoms with van der Waals surface area (Å²) in [6.07, 6.45) is 5.69. The van der Waals surface area contributed by atoms with E-state index in [4.69, 9.17) is 9.29 Å². The van der Waals surface area contributed by atoms with Gasteiger partial charge in [-0.25, -0.2) is 0 Å². The largest absolute Gasteiger partial charge is 1.00 e. The van der Waals surface area contributed by atoms with Crippen molar-refractivity contribution in [3.63, 3.8) is 0 Å².